The van der Waals surface area contributed by atoms with E-state index in [1.807, 2.05) is 42.5 Å². The topological polar surface area (TPSA) is 56.8 Å². The molecule has 1 N–H and O–H groups in total. The molecule has 6 heteroatoms. The van der Waals surface area contributed by atoms with E-state index in [4.69, 9.17) is 25.8 Å². The fraction of sp³-hybridized carbons (Fsp3) is 0.174. The lowest BCUT2D eigenvalue weighted by Crippen LogP contribution is -2.23. The van der Waals surface area contributed by atoms with Crippen LogP contribution in [0, 0.1) is 0 Å². The number of hydrogen-bond acceptors (Lipinski definition) is 4. The number of benzene rings is 3. The van der Waals surface area contributed by atoms with Gasteiger partial charge in [-0.1, -0.05) is 29.8 Å². The zero-order valence-corrected chi connectivity index (χ0v) is 17.0. The van der Waals surface area contributed by atoms with Crippen LogP contribution >= 0.6 is 11.6 Å². The van der Waals surface area contributed by atoms with Gasteiger partial charge in [-0.25, -0.2) is 0 Å². The quantitative estimate of drug-likeness (QED) is 0.574. The van der Waals surface area contributed by atoms with Gasteiger partial charge in [0.25, 0.3) is 5.91 Å². The fourth-order valence-corrected chi connectivity index (χ4v) is 2.99. The molecule has 0 aromatic heterocycles. The van der Waals surface area contributed by atoms with E-state index in [0.717, 1.165) is 16.9 Å². The average molecular weight is 412 g/mol. The fourth-order valence-electron chi connectivity index (χ4n) is 2.78. The zero-order chi connectivity index (χ0) is 20.6. The largest absolute Gasteiger partial charge is 0.497 e. The summed E-state index contributed by atoms with van der Waals surface area (Å²) in [7, 11) is 3.20. The van der Waals surface area contributed by atoms with Crippen LogP contribution in [0.3, 0.4) is 0 Å². The van der Waals surface area contributed by atoms with E-state index in [9.17, 15) is 4.79 Å². The summed E-state index contributed by atoms with van der Waals surface area (Å²) >= 11 is 6.14. The van der Waals surface area contributed by atoms with Crippen molar-refractivity contribution in [2.75, 3.05) is 14.2 Å². The summed E-state index contributed by atoms with van der Waals surface area (Å²) in [5, 5.41) is 3.51. The summed E-state index contributed by atoms with van der Waals surface area (Å²) < 4.78 is 16.4. The minimum Gasteiger partial charge on any atom is -0.497 e. The Labute approximate surface area is 175 Å². The summed E-state index contributed by atoms with van der Waals surface area (Å²) in [5.41, 5.74) is 2.15. The predicted octanol–water partition coefficient (Wildman–Crippen LogP) is 4.87. The molecule has 3 aromatic carbocycles. The number of carbonyl (C=O) groups excluding carboxylic acids is 1. The highest BCUT2D eigenvalue weighted by atomic mass is 35.5. The monoisotopic (exact) mass is 411 g/mol. The van der Waals surface area contributed by atoms with Crippen LogP contribution < -0.4 is 19.5 Å². The second-order valence-corrected chi connectivity index (χ2v) is 6.67. The van der Waals surface area contributed by atoms with E-state index < -0.39 is 0 Å². The van der Waals surface area contributed by atoms with E-state index in [-0.39, 0.29) is 12.5 Å². The molecule has 0 fully saturated rings. The van der Waals surface area contributed by atoms with Crippen molar-refractivity contribution in [2.45, 2.75) is 13.2 Å². The number of carbonyl (C=O) groups is 1. The van der Waals surface area contributed by atoms with E-state index in [2.05, 4.69) is 5.32 Å². The van der Waals surface area contributed by atoms with Gasteiger partial charge in [0.2, 0.25) is 0 Å². The third kappa shape index (κ3) is 5.42. The third-order valence-electron chi connectivity index (χ3n) is 4.39. The number of rotatable bonds is 8. The Balaban J connectivity index is 1.68. The first-order valence-electron chi connectivity index (χ1n) is 9.06. The Hall–Kier alpha value is -3.18. The maximum atomic E-state index is 12.6. The average Bonchev–Trinajstić information content (AvgIpc) is 2.77. The van der Waals surface area contributed by atoms with Crippen molar-refractivity contribution in [3.05, 3.63) is 88.4 Å². The second kappa shape index (κ2) is 9.85. The van der Waals surface area contributed by atoms with Gasteiger partial charge in [0.15, 0.2) is 0 Å². The smallest absolute Gasteiger partial charge is 0.251 e. The number of amides is 1. The van der Waals surface area contributed by atoms with Gasteiger partial charge < -0.3 is 19.5 Å². The van der Waals surface area contributed by atoms with Crippen LogP contribution in [0.25, 0.3) is 0 Å². The van der Waals surface area contributed by atoms with Gasteiger partial charge in [-0.2, -0.15) is 0 Å². The second-order valence-electron chi connectivity index (χ2n) is 6.26. The van der Waals surface area contributed by atoms with Crippen molar-refractivity contribution < 1.29 is 19.0 Å². The summed E-state index contributed by atoms with van der Waals surface area (Å²) in [5.74, 6) is 1.91. The zero-order valence-electron chi connectivity index (χ0n) is 16.3. The molecule has 3 aromatic rings. The summed E-state index contributed by atoms with van der Waals surface area (Å²) in [6, 6.07) is 20.0. The predicted molar refractivity (Wildman–Crippen MR) is 113 cm³/mol. The Morgan fingerprint density at radius 3 is 2.31 bits per heavy atom. The third-order valence-corrected chi connectivity index (χ3v) is 4.76. The first kappa shape index (κ1) is 20.6. The molecule has 0 aliphatic carbocycles. The van der Waals surface area contributed by atoms with E-state index in [1.165, 1.54) is 0 Å². The highest BCUT2D eigenvalue weighted by Gasteiger charge is 2.12. The molecular formula is C23H22ClNO4. The van der Waals surface area contributed by atoms with Gasteiger partial charge in [0.05, 0.1) is 14.2 Å². The molecule has 1 amide bonds. The first-order chi connectivity index (χ1) is 14.1. The lowest BCUT2D eigenvalue weighted by atomic mass is 10.1. The Bertz CT molecular complexity index is 973. The van der Waals surface area contributed by atoms with Crippen LogP contribution in [-0.2, 0) is 13.2 Å². The van der Waals surface area contributed by atoms with Crippen LogP contribution in [0.4, 0.5) is 0 Å². The van der Waals surface area contributed by atoms with Crippen molar-refractivity contribution in [1.82, 2.24) is 5.32 Å². The Morgan fingerprint density at radius 1 is 0.897 bits per heavy atom. The van der Waals surface area contributed by atoms with Gasteiger partial charge in [-0.05, 0) is 54.1 Å². The summed E-state index contributed by atoms with van der Waals surface area (Å²) in [6.07, 6.45) is 0. The van der Waals surface area contributed by atoms with Crippen molar-refractivity contribution in [3.63, 3.8) is 0 Å². The maximum absolute atomic E-state index is 12.6. The van der Waals surface area contributed by atoms with Crippen molar-refractivity contribution in [2.24, 2.45) is 0 Å². The molecule has 0 aliphatic rings. The Morgan fingerprint density at radius 2 is 1.62 bits per heavy atom. The molecule has 0 aliphatic heterocycles. The molecule has 0 heterocycles. The highest BCUT2D eigenvalue weighted by molar-refractivity contribution is 6.31. The molecule has 5 nitrogen and oxygen atoms in total. The number of hydrogen-bond donors (Lipinski definition) is 1. The van der Waals surface area contributed by atoms with E-state index in [1.54, 1.807) is 38.5 Å². The first-order valence-corrected chi connectivity index (χ1v) is 9.44. The molecule has 0 saturated heterocycles. The van der Waals surface area contributed by atoms with Gasteiger partial charge in [-0.3, -0.25) is 4.79 Å². The number of methoxy groups -OCH3 is 2. The Kier molecular flexibility index (Phi) is 6.98. The van der Waals surface area contributed by atoms with Crippen LogP contribution in [0.15, 0.2) is 66.7 Å². The number of ether oxygens (including phenoxy) is 3. The van der Waals surface area contributed by atoms with Gasteiger partial charge in [0, 0.05) is 22.7 Å². The standard InChI is InChI=1S/C23H22ClNO4/c1-27-19-8-10-20(11-9-19)29-15-18-13-16(7-12-22(18)28-2)23(26)25-14-17-5-3-4-6-21(17)24/h3-13H,14-15H2,1-2H3,(H,25,26). The molecule has 0 atom stereocenters. The molecule has 3 rings (SSSR count). The molecule has 29 heavy (non-hydrogen) atoms. The number of halogens is 1. The van der Waals surface area contributed by atoms with Gasteiger partial charge >= 0.3 is 0 Å². The minimum absolute atomic E-state index is 0.196. The number of nitrogens with one attached hydrogen (secondary N) is 1. The molecule has 0 radical (unpaired) electrons. The van der Waals surface area contributed by atoms with E-state index in [0.29, 0.717) is 28.6 Å². The lowest BCUT2D eigenvalue weighted by Gasteiger charge is -2.13. The van der Waals surface area contributed by atoms with Crippen LogP contribution in [0.2, 0.25) is 5.02 Å². The van der Waals surface area contributed by atoms with Crippen LogP contribution in [0.1, 0.15) is 21.5 Å². The van der Waals surface area contributed by atoms with Crippen molar-refractivity contribution >= 4 is 17.5 Å². The van der Waals surface area contributed by atoms with Gasteiger partial charge in [0.1, 0.15) is 23.9 Å². The highest BCUT2D eigenvalue weighted by Crippen LogP contribution is 2.24. The SMILES string of the molecule is COc1ccc(OCc2cc(C(=O)NCc3ccccc3Cl)ccc2OC)cc1. The molecule has 0 unspecified atom stereocenters. The maximum Gasteiger partial charge on any atom is 0.251 e. The summed E-state index contributed by atoms with van der Waals surface area (Å²) in [6.45, 7) is 0.614. The normalized spacial score (nSPS) is 10.3. The molecular weight excluding hydrogens is 390 g/mol. The van der Waals surface area contributed by atoms with Gasteiger partial charge in [-0.15, -0.1) is 0 Å². The lowest BCUT2D eigenvalue weighted by molar-refractivity contribution is 0.0950. The molecule has 0 bridgehead atoms. The van der Waals surface area contributed by atoms with Crippen LogP contribution in [0.5, 0.6) is 17.2 Å². The van der Waals surface area contributed by atoms with Crippen LogP contribution in [-0.4, -0.2) is 20.1 Å². The molecule has 0 spiro atoms. The van der Waals surface area contributed by atoms with Crippen molar-refractivity contribution in [1.29, 1.82) is 0 Å². The van der Waals surface area contributed by atoms with E-state index >= 15 is 0 Å². The minimum atomic E-state index is -0.196. The molecule has 150 valence electrons. The molecule has 0 saturated carbocycles. The summed E-state index contributed by atoms with van der Waals surface area (Å²) in [4.78, 5) is 12.6. The van der Waals surface area contributed by atoms with Crippen molar-refractivity contribution in [3.8, 4) is 17.2 Å².